The van der Waals surface area contributed by atoms with Gasteiger partial charge >= 0.3 is 6.16 Å². The third-order valence-corrected chi connectivity index (χ3v) is 1.54. The van der Waals surface area contributed by atoms with Crippen LogP contribution in [0.25, 0.3) is 0 Å². The predicted molar refractivity (Wildman–Crippen MR) is 40.6 cm³/mol. The number of Topliss-reactive ketones (excluding diaryl/α,β-unsaturated/α-hetero) is 1. The lowest BCUT2D eigenvalue weighted by molar-refractivity contribution is -0.124. The lowest BCUT2D eigenvalue weighted by Crippen LogP contribution is -2.27. The molecule has 12 heavy (non-hydrogen) atoms. The molecule has 1 aliphatic rings. The SMILES string of the molecule is C/C=C/C1OC(=O)OC1C(C)=O. The normalized spacial score (nSPS) is 28.7. The molecule has 1 heterocycles. The second-order valence-electron chi connectivity index (χ2n) is 2.51. The maximum atomic E-state index is 10.9. The van der Waals surface area contributed by atoms with Crippen molar-refractivity contribution in [1.29, 1.82) is 0 Å². The second-order valence-corrected chi connectivity index (χ2v) is 2.51. The summed E-state index contributed by atoms with van der Waals surface area (Å²) in [7, 11) is 0. The highest BCUT2D eigenvalue weighted by Gasteiger charge is 2.37. The fraction of sp³-hybridized carbons (Fsp3) is 0.500. The van der Waals surface area contributed by atoms with Gasteiger partial charge in [0.15, 0.2) is 11.9 Å². The van der Waals surface area contributed by atoms with E-state index < -0.39 is 18.4 Å². The third-order valence-electron chi connectivity index (χ3n) is 1.54. The van der Waals surface area contributed by atoms with Gasteiger partial charge in [-0.3, -0.25) is 4.79 Å². The Kier molecular flexibility index (Phi) is 2.47. The van der Waals surface area contributed by atoms with Crippen LogP contribution in [0.2, 0.25) is 0 Å². The zero-order valence-electron chi connectivity index (χ0n) is 6.94. The van der Waals surface area contributed by atoms with Gasteiger partial charge in [0.25, 0.3) is 0 Å². The summed E-state index contributed by atoms with van der Waals surface area (Å²) in [6.07, 6.45) is 1.23. The first-order valence-electron chi connectivity index (χ1n) is 3.65. The minimum Gasteiger partial charge on any atom is -0.422 e. The second kappa shape index (κ2) is 3.38. The van der Waals surface area contributed by atoms with Gasteiger partial charge in [-0.25, -0.2) is 4.79 Å². The molecule has 2 atom stereocenters. The Morgan fingerprint density at radius 3 is 2.67 bits per heavy atom. The van der Waals surface area contributed by atoms with Crippen molar-refractivity contribution in [3.63, 3.8) is 0 Å². The van der Waals surface area contributed by atoms with Crippen molar-refractivity contribution in [3.05, 3.63) is 12.2 Å². The molecule has 0 radical (unpaired) electrons. The van der Waals surface area contributed by atoms with E-state index >= 15 is 0 Å². The molecule has 1 rings (SSSR count). The Morgan fingerprint density at radius 1 is 1.50 bits per heavy atom. The van der Waals surface area contributed by atoms with Gasteiger partial charge in [-0.2, -0.15) is 0 Å². The first-order valence-corrected chi connectivity index (χ1v) is 3.65. The molecule has 0 aromatic heterocycles. The summed E-state index contributed by atoms with van der Waals surface area (Å²) in [6, 6.07) is 0. The Morgan fingerprint density at radius 2 is 2.17 bits per heavy atom. The maximum Gasteiger partial charge on any atom is 0.509 e. The number of carbonyl (C=O) groups is 2. The smallest absolute Gasteiger partial charge is 0.422 e. The van der Waals surface area contributed by atoms with E-state index in [0.717, 1.165) is 0 Å². The van der Waals surface area contributed by atoms with Gasteiger partial charge in [0.05, 0.1) is 0 Å². The fourth-order valence-corrected chi connectivity index (χ4v) is 1.02. The minimum absolute atomic E-state index is 0.205. The number of cyclic esters (lactones) is 2. The standard InChI is InChI=1S/C8H10O4/c1-3-4-6-7(5(2)9)12-8(10)11-6/h3-4,6-7H,1-2H3/b4-3+. The number of hydrogen-bond acceptors (Lipinski definition) is 4. The molecule has 0 bridgehead atoms. The molecule has 0 N–H and O–H groups in total. The van der Waals surface area contributed by atoms with Crippen LogP contribution in [-0.2, 0) is 14.3 Å². The monoisotopic (exact) mass is 170 g/mol. The van der Waals surface area contributed by atoms with Crippen molar-refractivity contribution in [1.82, 2.24) is 0 Å². The summed E-state index contributed by atoms with van der Waals surface area (Å²) < 4.78 is 9.33. The van der Waals surface area contributed by atoms with Crippen LogP contribution >= 0.6 is 0 Å². The van der Waals surface area contributed by atoms with E-state index in [1.54, 1.807) is 19.1 Å². The summed E-state index contributed by atoms with van der Waals surface area (Å²) in [4.78, 5) is 21.5. The molecule has 1 aliphatic heterocycles. The van der Waals surface area contributed by atoms with E-state index in [1.165, 1.54) is 6.92 Å². The Bertz CT molecular complexity index is 231. The van der Waals surface area contributed by atoms with Crippen molar-refractivity contribution in [2.24, 2.45) is 0 Å². The molecular formula is C8H10O4. The van der Waals surface area contributed by atoms with Gasteiger partial charge in [0, 0.05) is 0 Å². The average molecular weight is 170 g/mol. The highest BCUT2D eigenvalue weighted by atomic mass is 16.8. The number of ether oxygens (including phenoxy) is 2. The zero-order valence-corrected chi connectivity index (χ0v) is 6.94. The van der Waals surface area contributed by atoms with Crippen LogP contribution in [0.15, 0.2) is 12.2 Å². The van der Waals surface area contributed by atoms with Crippen LogP contribution in [0.3, 0.4) is 0 Å². The minimum atomic E-state index is -0.779. The average Bonchev–Trinajstić information content (AvgIpc) is 2.32. The number of hydrogen-bond donors (Lipinski definition) is 0. The van der Waals surface area contributed by atoms with Gasteiger partial charge in [0.2, 0.25) is 6.10 Å². The maximum absolute atomic E-state index is 10.9. The number of allylic oxidation sites excluding steroid dienone is 1. The van der Waals surface area contributed by atoms with Crippen molar-refractivity contribution in [2.45, 2.75) is 26.1 Å². The van der Waals surface area contributed by atoms with Gasteiger partial charge in [0.1, 0.15) is 0 Å². The molecule has 0 aliphatic carbocycles. The number of carbonyl (C=O) groups excluding carboxylic acids is 2. The predicted octanol–water partition coefficient (Wildman–Crippen LogP) is 1.06. The number of rotatable bonds is 2. The molecule has 0 saturated carbocycles. The molecule has 1 fully saturated rings. The molecule has 66 valence electrons. The fourth-order valence-electron chi connectivity index (χ4n) is 1.02. The summed E-state index contributed by atoms with van der Waals surface area (Å²) in [5, 5.41) is 0. The highest BCUT2D eigenvalue weighted by Crippen LogP contribution is 2.16. The first kappa shape index (κ1) is 8.77. The molecular weight excluding hydrogens is 160 g/mol. The van der Waals surface area contributed by atoms with Crippen LogP contribution in [0.1, 0.15) is 13.8 Å². The first-order chi connectivity index (χ1) is 5.65. The van der Waals surface area contributed by atoms with Gasteiger partial charge in [-0.15, -0.1) is 0 Å². The van der Waals surface area contributed by atoms with Crippen molar-refractivity contribution in [3.8, 4) is 0 Å². The molecule has 0 spiro atoms. The zero-order chi connectivity index (χ0) is 9.14. The Hall–Kier alpha value is -1.32. The summed E-state index contributed by atoms with van der Waals surface area (Å²) in [5.74, 6) is -0.205. The molecule has 1 saturated heterocycles. The summed E-state index contributed by atoms with van der Waals surface area (Å²) in [5.41, 5.74) is 0. The quantitative estimate of drug-likeness (QED) is 0.459. The van der Waals surface area contributed by atoms with Crippen LogP contribution < -0.4 is 0 Å². The van der Waals surface area contributed by atoms with Crippen molar-refractivity contribution < 1.29 is 19.1 Å². The molecule has 4 heteroatoms. The van der Waals surface area contributed by atoms with E-state index in [4.69, 9.17) is 4.74 Å². The van der Waals surface area contributed by atoms with Crippen LogP contribution in [0.4, 0.5) is 4.79 Å². The molecule has 0 amide bonds. The molecule has 4 nitrogen and oxygen atoms in total. The van der Waals surface area contributed by atoms with Gasteiger partial charge in [-0.05, 0) is 19.9 Å². The Labute approximate surface area is 70.1 Å². The van der Waals surface area contributed by atoms with E-state index in [2.05, 4.69) is 4.74 Å². The Balaban J connectivity index is 2.71. The largest absolute Gasteiger partial charge is 0.509 e. The topological polar surface area (TPSA) is 52.6 Å². The molecule has 2 unspecified atom stereocenters. The third kappa shape index (κ3) is 1.64. The highest BCUT2D eigenvalue weighted by molar-refractivity contribution is 5.85. The van der Waals surface area contributed by atoms with Crippen molar-refractivity contribution in [2.75, 3.05) is 0 Å². The molecule has 0 aromatic carbocycles. The van der Waals surface area contributed by atoms with Crippen LogP contribution in [0.5, 0.6) is 0 Å². The summed E-state index contributed by atoms with van der Waals surface area (Å²) >= 11 is 0. The van der Waals surface area contributed by atoms with E-state index in [1.807, 2.05) is 0 Å². The van der Waals surface area contributed by atoms with Crippen LogP contribution in [0, 0.1) is 0 Å². The lowest BCUT2D eigenvalue weighted by atomic mass is 10.1. The van der Waals surface area contributed by atoms with Crippen LogP contribution in [-0.4, -0.2) is 24.1 Å². The van der Waals surface area contributed by atoms with Crippen molar-refractivity contribution >= 4 is 11.9 Å². The van der Waals surface area contributed by atoms with E-state index in [9.17, 15) is 9.59 Å². The number of ketones is 1. The molecule has 0 aromatic rings. The van der Waals surface area contributed by atoms with Gasteiger partial charge < -0.3 is 9.47 Å². The summed E-state index contributed by atoms with van der Waals surface area (Å²) in [6.45, 7) is 3.15. The van der Waals surface area contributed by atoms with E-state index in [0.29, 0.717) is 0 Å². The van der Waals surface area contributed by atoms with E-state index in [-0.39, 0.29) is 5.78 Å². The lowest BCUT2D eigenvalue weighted by Gasteiger charge is -2.06. The van der Waals surface area contributed by atoms with Gasteiger partial charge in [-0.1, -0.05) is 6.08 Å².